The highest BCUT2D eigenvalue weighted by molar-refractivity contribution is 6.09. The quantitative estimate of drug-likeness (QED) is 0.887. The van der Waals surface area contributed by atoms with Crippen LogP contribution in [-0.4, -0.2) is 27.7 Å². The zero-order chi connectivity index (χ0) is 17.3. The molecule has 1 aromatic heterocycles. The number of nitrogens with zero attached hydrogens (tertiary/aromatic N) is 1. The number of Topliss-reactive ketones (excluding diaryl/α,β-unsaturated/α-hetero) is 1. The van der Waals surface area contributed by atoms with Crippen LogP contribution in [0.25, 0.3) is 0 Å². The number of amides is 1. The van der Waals surface area contributed by atoms with Crippen molar-refractivity contribution in [1.29, 1.82) is 0 Å². The number of ketones is 1. The molecule has 130 valence electrons. The molecule has 2 heterocycles. The van der Waals surface area contributed by atoms with Crippen molar-refractivity contribution in [2.45, 2.75) is 64.5 Å². The van der Waals surface area contributed by atoms with E-state index in [1.165, 1.54) is 6.42 Å². The van der Waals surface area contributed by atoms with Crippen molar-refractivity contribution in [1.82, 2.24) is 4.90 Å². The molecule has 0 radical (unpaired) electrons. The van der Waals surface area contributed by atoms with Gasteiger partial charge >= 0.3 is 0 Å². The maximum atomic E-state index is 12.7. The molecule has 0 spiro atoms. The van der Waals surface area contributed by atoms with E-state index in [2.05, 4.69) is 0 Å². The smallest absolute Gasteiger partial charge is 0.290 e. The Morgan fingerprint density at radius 3 is 2.62 bits per heavy atom. The highest BCUT2D eigenvalue weighted by atomic mass is 16.3. The second-order valence-electron chi connectivity index (χ2n) is 7.21. The Kier molecular flexibility index (Phi) is 4.78. The number of rotatable bonds is 5. The fourth-order valence-electron chi connectivity index (χ4n) is 3.85. The first-order valence-corrected chi connectivity index (χ1v) is 8.83. The molecule has 5 nitrogen and oxygen atoms in total. The topological polar surface area (TPSA) is 70.8 Å². The van der Waals surface area contributed by atoms with Crippen LogP contribution in [0.5, 0.6) is 0 Å². The third kappa shape index (κ3) is 2.99. The van der Waals surface area contributed by atoms with Gasteiger partial charge in [-0.25, -0.2) is 0 Å². The number of hydrogen-bond donors (Lipinski definition) is 1. The number of carbonyl (C=O) groups excluding carboxylic acids is 2. The van der Waals surface area contributed by atoms with Crippen LogP contribution in [0.2, 0.25) is 0 Å². The molecule has 1 fully saturated rings. The lowest BCUT2D eigenvalue weighted by atomic mass is 9.91. The minimum atomic E-state index is -0.596. The molecule has 1 aliphatic heterocycles. The Balaban J connectivity index is 1.99. The Morgan fingerprint density at radius 2 is 2.04 bits per heavy atom. The van der Waals surface area contributed by atoms with Gasteiger partial charge in [-0.15, -0.1) is 0 Å². The molecule has 1 aromatic rings. The van der Waals surface area contributed by atoms with Crippen LogP contribution in [0.1, 0.15) is 64.2 Å². The Morgan fingerprint density at radius 1 is 1.33 bits per heavy atom. The summed E-state index contributed by atoms with van der Waals surface area (Å²) in [4.78, 5) is 27.1. The summed E-state index contributed by atoms with van der Waals surface area (Å²) >= 11 is 0. The summed E-state index contributed by atoms with van der Waals surface area (Å²) in [6.45, 7) is 3.90. The van der Waals surface area contributed by atoms with E-state index in [9.17, 15) is 14.7 Å². The van der Waals surface area contributed by atoms with Gasteiger partial charge in [-0.05, 0) is 30.9 Å². The molecule has 5 heteroatoms. The first kappa shape index (κ1) is 16.8. The third-order valence-electron chi connectivity index (χ3n) is 4.92. The van der Waals surface area contributed by atoms with Crippen molar-refractivity contribution in [3.8, 4) is 0 Å². The molecule has 0 bridgehead atoms. The lowest BCUT2D eigenvalue weighted by Crippen LogP contribution is -2.41. The van der Waals surface area contributed by atoms with Gasteiger partial charge in [0.2, 0.25) is 0 Å². The van der Waals surface area contributed by atoms with Crippen LogP contribution in [-0.2, 0) is 9.59 Å². The minimum absolute atomic E-state index is 0.0489. The molecule has 1 amide bonds. The zero-order valence-electron chi connectivity index (χ0n) is 14.3. The second kappa shape index (κ2) is 6.83. The van der Waals surface area contributed by atoms with Gasteiger partial charge in [0.05, 0.1) is 11.8 Å². The van der Waals surface area contributed by atoms with Crippen LogP contribution in [0.4, 0.5) is 0 Å². The summed E-state index contributed by atoms with van der Waals surface area (Å²) in [5, 5.41) is 10.4. The first-order valence-electron chi connectivity index (χ1n) is 8.83. The normalized spacial score (nSPS) is 22.7. The summed E-state index contributed by atoms with van der Waals surface area (Å²) in [7, 11) is 0. The largest absolute Gasteiger partial charge is 0.503 e. The highest BCUT2D eigenvalue weighted by Crippen LogP contribution is 2.42. The maximum absolute atomic E-state index is 12.7. The molecular formula is C19H25NO4. The van der Waals surface area contributed by atoms with E-state index >= 15 is 0 Å². The summed E-state index contributed by atoms with van der Waals surface area (Å²) in [6, 6.07) is 2.98. The number of aliphatic hydroxyl groups is 1. The van der Waals surface area contributed by atoms with Gasteiger partial charge in [0.25, 0.3) is 5.91 Å². The Labute approximate surface area is 142 Å². The summed E-state index contributed by atoms with van der Waals surface area (Å²) in [5.74, 6) is -0.294. The monoisotopic (exact) mass is 331 g/mol. The van der Waals surface area contributed by atoms with Crippen molar-refractivity contribution in [3.63, 3.8) is 0 Å². The van der Waals surface area contributed by atoms with Gasteiger partial charge in [-0.2, -0.15) is 0 Å². The third-order valence-corrected chi connectivity index (χ3v) is 4.92. The van der Waals surface area contributed by atoms with E-state index in [0.717, 1.165) is 25.7 Å². The van der Waals surface area contributed by atoms with Crippen LogP contribution < -0.4 is 0 Å². The van der Waals surface area contributed by atoms with E-state index < -0.39 is 17.7 Å². The zero-order valence-corrected chi connectivity index (χ0v) is 14.3. The molecule has 24 heavy (non-hydrogen) atoms. The van der Waals surface area contributed by atoms with Gasteiger partial charge in [-0.3, -0.25) is 9.59 Å². The number of aliphatic hydroxyl groups excluding tert-OH is 1. The average Bonchev–Trinajstić information content (AvgIpc) is 3.15. The summed E-state index contributed by atoms with van der Waals surface area (Å²) in [6.07, 6.45) is 6.96. The highest BCUT2D eigenvalue weighted by Gasteiger charge is 2.47. The number of hydrogen-bond acceptors (Lipinski definition) is 4. The fraction of sp³-hybridized carbons (Fsp3) is 0.579. The molecule has 0 saturated heterocycles. The van der Waals surface area contributed by atoms with Crippen molar-refractivity contribution >= 4 is 11.7 Å². The predicted octanol–water partition coefficient (Wildman–Crippen LogP) is 3.92. The fourth-order valence-corrected chi connectivity index (χ4v) is 3.85. The first-order chi connectivity index (χ1) is 11.5. The SMILES string of the molecule is CC(C)CC(=O)C1=C(O)C(=O)N(C2CCCCC2)C1c1ccco1. The van der Waals surface area contributed by atoms with Crippen molar-refractivity contribution < 1.29 is 19.1 Å². The van der Waals surface area contributed by atoms with Crippen molar-refractivity contribution in [3.05, 3.63) is 35.5 Å². The van der Waals surface area contributed by atoms with Gasteiger partial charge < -0.3 is 14.4 Å². The van der Waals surface area contributed by atoms with E-state index in [4.69, 9.17) is 4.42 Å². The molecule has 1 saturated carbocycles. The molecule has 3 rings (SSSR count). The lowest BCUT2D eigenvalue weighted by molar-refractivity contribution is -0.132. The molecule has 1 atom stereocenters. The average molecular weight is 331 g/mol. The van der Waals surface area contributed by atoms with E-state index in [1.54, 1.807) is 23.3 Å². The van der Waals surface area contributed by atoms with Crippen LogP contribution in [0.15, 0.2) is 34.1 Å². The summed E-state index contributed by atoms with van der Waals surface area (Å²) < 4.78 is 5.53. The minimum Gasteiger partial charge on any atom is -0.503 e. The van der Waals surface area contributed by atoms with Gasteiger partial charge in [0, 0.05) is 12.5 Å². The van der Waals surface area contributed by atoms with Crippen LogP contribution >= 0.6 is 0 Å². The maximum Gasteiger partial charge on any atom is 0.290 e. The lowest BCUT2D eigenvalue weighted by Gasteiger charge is -2.35. The standard InChI is InChI=1S/C19H25NO4/c1-12(2)11-14(21)16-17(15-9-6-10-24-15)20(19(23)18(16)22)13-7-4-3-5-8-13/h6,9-10,12-13,17,22H,3-5,7-8,11H2,1-2H3. The molecular weight excluding hydrogens is 306 g/mol. The predicted molar refractivity (Wildman–Crippen MR) is 89.3 cm³/mol. The van der Waals surface area contributed by atoms with E-state index in [1.807, 2.05) is 13.8 Å². The molecule has 1 N–H and O–H groups in total. The molecule has 2 aliphatic rings. The Hall–Kier alpha value is -2.04. The van der Waals surface area contributed by atoms with Gasteiger partial charge in [-0.1, -0.05) is 33.1 Å². The summed E-state index contributed by atoms with van der Waals surface area (Å²) in [5.41, 5.74) is 0.203. The van der Waals surface area contributed by atoms with E-state index in [0.29, 0.717) is 12.2 Å². The van der Waals surface area contributed by atoms with Crippen LogP contribution in [0.3, 0.4) is 0 Å². The molecule has 1 aliphatic carbocycles. The number of furan rings is 1. The number of carbonyl (C=O) groups is 2. The Bertz CT molecular complexity index is 638. The molecule has 0 aromatic carbocycles. The van der Waals surface area contributed by atoms with Crippen LogP contribution in [0, 0.1) is 5.92 Å². The van der Waals surface area contributed by atoms with Crippen molar-refractivity contribution in [2.24, 2.45) is 5.92 Å². The molecule has 1 unspecified atom stereocenters. The second-order valence-corrected chi connectivity index (χ2v) is 7.21. The van der Waals surface area contributed by atoms with E-state index in [-0.39, 0.29) is 23.3 Å². The van der Waals surface area contributed by atoms with Gasteiger partial charge in [0.1, 0.15) is 11.8 Å². The van der Waals surface area contributed by atoms with Crippen molar-refractivity contribution in [2.75, 3.05) is 0 Å². The van der Waals surface area contributed by atoms with Gasteiger partial charge in [0.15, 0.2) is 11.5 Å².